The van der Waals surface area contributed by atoms with E-state index in [-0.39, 0.29) is 28.8 Å². The zero-order chi connectivity index (χ0) is 21.0. The number of rotatable bonds is 3. The lowest BCUT2D eigenvalue weighted by Gasteiger charge is -2.49. The van der Waals surface area contributed by atoms with Crippen molar-refractivity contribution in [2.75, 3.05) is 0 Å². The summed E-state index contributed by atoms with van der Waals surface area (Å²) in [6.07, 6.45) is 12.7. The van der Waals surface area contributed by atoms with Crippen molar-refractivity contribution in [1.82, 2.24) is 0 Å². The third-order valence-electron chi connectivity index (χ3n) is 8.32. The monoisotopic (exact) mass is 398 g/mol. The molecule has 0 spiro atoms. The van der Waals surface area contributed by atoms with Crippen LogP contribution in [0, 0.1) is 29.1 Å². The molecular formula is C25H34O4. The number of hydrogen-bond acceptors (Lipinski definition) is 4. The first kappa shape index (κ1) is 20.7. The predicted molar refractivity (Wildman–Crippen MR) is 112 cm³/mol. The average molecular weight is 399 g/mol. The highest BCUT2D eigenvalue weighted by Gasteiger charge is 2.57. The highest BCUT2D eigenvalue weighted by Crippen LogP contribution is 2.63. The molecule has 0 unspecified atom stereocenters. The SMILES string of the molecule is CC(=O)/C=C/[C@@](C)(O)[C@H]1CC[C@H]2C3=CC(=O)[C@H]4CC(=CC[C@H](O)C4)[C@H]3CC[C@@]21C. The lowest BCUT2D eigenvalue weighted by atomic mass is 9.57. The summed E-state index contributed by atoms with van der Waals surface area (Å²) < 4.78 is 0. The zero-order valence-corrected chi connectivity index (χ0v) is 17.9. The van der Waals surface area contributed by atoms with Crippen LogP contribution in [-0.4, -0.2) is 33.5 Å². The van der Waals surface area contributed by atoms with E-state index in [2.05, 4.69) is 13.0 Å². The van der Waals surface area contributed by atoms with Crippen LogP contribution in [0.3, 0.4) is 0 Å². The molecule has 4 nitrogen and oxygen atoms in total. The van der Waals surface area contributed by atoms with Gasteiger partial charge < -0.3 is 10.2 Å². The van der Waals surface area contributed by atoms with Gasteiger partial charge in [-0.15, -0.1) is 0 Å². The van der Waals surface area contributed by atoms with Gasteiger partial charge in [0.05, 0.1) is 11.7 Å². The standard InChI is InChI=1S/C25H34O4/c1-15(26)8-11-25(3,29)23-7-6-21-20-14-22(28)17-12-16(4-5-18(27)13-17)19(20)9-10-24(21,23)2/h4,8,11,14,17-19,21,23,27,29H,5-7,9-10,12-13H2,1-3H3/b11-8+/t17-,18-,19+,21-,23-,24-,25+/m0/s1. The molecule has 4 rings (SSSR count). The summed E-state index contributed by atoms with van der Waals surface area (Å²) in [5.41, 5.74) is 1.50. The van der Waals surface area contributed by atoms with Crippen LogP contribution in [0.15, 0.2) is 35.5 Å². The van der Waals surface area contributed by atoms with E-state index >= 15 is 0 Å². The number of ketones is 2. The second-order valence-electron chi connectivity index (χ2n) is 10.3. The molecule has 0 amide bonds. The Kier molecular flexibility index (Phi) is 5.23. The van der Waals surface area contributed by atoms with Crippen molar-refractivity contribution < 1.29 is 19.8 Å². The minimum atomic E-state index is -1.03. The summed E-state index contributed by atoms with van der Waals surface area (Å²) in [6, 6.07) is 0. The molecule has 2 saturated carbocycles. The molecule has 2 fully saturated rings. The molecule has 2 bridgehead atoms. The summed E-state index contributed by atoms with van der Waals surface area (Å²) >= 11 is 0. The van der Waals surface area contributed by atoms with E-state index in [1.54, 1.807) is 6.08 Å². The van der Waals surface area contributed by atoms with Gasteiger partial charge in [0.1, 0.15) is 0 Å². The highest BCUT2D eigenvalue weighted by molar-refractivity contribution is 5.93. The maximum atomic E-state index is 13.0. The van der Waals surface area contributed by atoms with Crippen LogP contribution >= 0.6 is 0 Å². The van der Waals surface area contributed by atoms with Gasteiger partial charge in [0.25, 0.3) is 0 Å². The van der Waals surface area contributed by atoms with Gasteiger partial charge in [-0.2, -0.15) is 0 Å². The normalized spacial score (nSPS) is 41.6. The molecule has 2 N–H and O–H groups in total. The number of fused-ring (bicyclic) bond motifs is 6. The van der Waals surface area contributed by atoms with E-state index in [0.717, 1.165) is 32.1 Å². The number of aliphatic hydroxyl groups is 2. The van der Waals surface area contributed by atoms with Crippen molar-refractivity contribution in [2.24, 2.45) is 29.1 Å². The molecule has 0 heterocycles. The number of aliphatic hydroxyl groups excluding tert-OH is 1. The number of hydrogen-bond donors (Lipinski definition) is 2. The van der Waals surface area contributed by atoms with Crippen molar-refractivity contribution in [3.63, 3.8) is 0 Å². The lowest BCUT2D eigenvalue weighted by Crippen LogP contribution is -2.45. The average Bonchev–Trinajstić information content (AvgIpc) is 2.81. The van der Waals surface area contributed by atoms with Crippen molar-refractivity contribution in [2.45, 2.75) is 77.4 Å². The molecule has 7 atom stereocenters. The Morgan fingerprint density at radius 2 is 2.07 bits per heavy atom. The maximum Gasteiger partial charge on any atom is 0.159 e. The zero-order valence-electron chi connectivity index (χ0n) is 17.9. The van der Waals surface area contributed by atoms with Crippen LogP contribution in [-0.2, 0) is 9.59 Å². The molecule has 4 heteroatoms. The molecule has 4 aliphatic rings. The summed E-state index contributed by atoms with van der Waals surface area (Å²) in [6.45, 7) is 5.60. The maximum absolute atomic E-state index is 13.0. The second-order valence-corrected chi connectivity index (χ2v) is 10.3. The van der Waals surface area contributed by atoms with E-state index in [1.165, 1.54) is 24.1 Å². The van der Waals surface area contributed by atoms with Crippen molar-refractivity contribution in [3.05, 3.63) is 35.5 Å². The molecule has 0 radical (unpaired) electrons. The minimum Gasteiger partial charge on any atom is -0.393 e. The van der Waals surface area contributed by atoms with Gasteiger partial charge in [-0.25, -0.2) is 0 Å². The predicted octanol–water partition coefficient (Wildman–Crippen LogP) is 3.92. The van der Waals surface area contributed by atoms with E-state index in [0.29, 0.717) is 24.7 Å². The Balaban J connectivity index is 1.68. The number of carbonyl (C=O) groups is 2. The topological polar surface area (TPSA) is 74.6 Å². The summed E-state index contributed by atoms with van der Waals surface area (Å²) in [7, 11) is 0. The molecular weight excluding hydrogens is 364 g/mol. The first-order chi connectivity index (χ1) is 13.6. The van der Waals surface area contributed by atoms with Crippen LogP contribution in [0.1, 0.15) is 65.7 Å². The molecule has 29 heavy (non-hydrogen) atoms. The van der Waals surface area contributed by atoms with Gasteiger partial charge >= 0.3 is 0 Å². The third-order valence-corrected chi connectivity index (χ3v) is 8.32. The first-order valence-corrected chi connectivity index (χ1v) is 11.2. The molecule has 0 aromatic heterocycles. The van der Waals surface area contributed by atoms with Crippen LogP contribution in [0.25, 0.3) is 0 Å². The van der Waals surface area contributed by atoms with Crippen LogP contribution in [0.4, 0.5) is 0 Å². The van der Waals surface area contributed by atoms with E-state index in [1.807, 2.05) is 13.0 Å². The van der Waals surface area contributed by atoms with Gasteiger partial charge in [0.15, 0.2) is 11.6 Å². The Labute approximate surface area is 173 Å². The molecule has 0 aliphatic heterocycles. The van der Waals surface area contributed by atoms with E-state index in [4.69, 9.17) is 0 Å². The third kappa shape index (κ3) is 3.59. The first-order valence-electron chi connectivity index (χ1n) is 11.2. The Morgan fingerprint density at radius 3 is 2.79 bits per heavy atom. The minimum absolute atomic E-state index is 0.0526. The van der Waals surface area contributed by atoms with Gasteiger partial charge in [-0.1, -0.05) is 24.1 Å². The van der Waals surface area contributed by atoms with E-state index in [9.17, 15) is 19.8 Å². The molecule has 0 saturated heterocycles. The molecule has 0 aromatic carbocycles. The number of allylic oxidation sites excluding steroid dienone is 4. The quantitative estimate of drug-likeness (QED) is 0.558. The fourth-order valence-corrected chi connectivity index (χ4v) is 6.91. The molecule has 0 aromatic rings. The van der Waals surface area contributed by atoms with Crippen molar-refractivity contribution in [1.29, 1.82) is 0 Å². The van der Waals surface area contributed by atoms with Gasteiger partial charge in [-0.05, 0) is 94.3 Å². The van der Waals surface area contributed by atoms with Crippen molar-refractivity contribution in [3.8, 4) is 0 Å². The Morgan fingerprint density at radius 1 is 1.31 bits per heavy atom. The fraction of sp³-hybridized carbons (Fsp3) is 0.680. The Hall–Kier alpha value is -1.52. The second kappa shape index (κ2) is 7.31. The van der Waals surface area contributed by atoms with Gasteiger partial charge in [0, 0.05) is 11.8 Å². The van der Waals surface area contributed by atoms with Crippen LogP contribution in [0.5, 0.6) is 0 Å². The molecule has 158 valence electrons. The van der Waals surface area contributed by atoms with E-state index < -0.39 is 11.7 Å². The summed E-state index contributed by atoms with van der Waals surface area (Å²) in [5, 5.41) is 21.4. The van der Waals surface area contributed by atoms with Gasteiger partial charge in [0.2, 0.25) is 0 Å². The highest BCUT2D eigenvalue weighted by atomic mass is 16.3. The largest absolute Gasteiger partial charge is 0.393 e. The summed E-state index contributed by atoms with van der Waals surface area (Å²) in [4.78, 5) is 24.4. The molecule has 4 aliphatic carbocycles. The number of carbonyl (C=O) groups excluding carboxylic acids is 2. The Bertz CT molecular complexity index is 802. The van der Waals surface area contributed by atoms with Gasteiger partial charge in [-0.3, -0.25) is 9.59 Å². The van der Waals surface area contributed by atoms with Crippen LogP contribution in [0.2, 0.25) is 0 Å². The van der Waals surface area contributed by atoms with Crippen LogP contribution < -0.4 is 0 Å². The lowest BCUT2D eigenvalue weighted by molar-refractivity contribution is -0.119. The smallest absolute Gasteiger partial charge is 0.159 e. The fourth-order valence-electron chi connectivity index (χ4n) is 6.91. The van der Waals surface area contributed by atoms with Crippen molar-refractivity contribution >= 4 is 11.6 Å². The summed E-state index contributed by atoms with van der Waals surface area (Å²) in [5.74, 6) is 0.687.